The van der Waals surface area contributed by atoms with Gasteiger partial charge in [-0.25, -0.2) is 0 Å². The lowest BCUT2D eigenvalue weighted by Crippen LogP contribution is -2.14. The van der Waals surface area contributed by atoms with Crippen molar-refractivity contribution < 1.29 is 4.74 Å². The molecule has 0 saturated heterocycles. The number of thiocarbonyl (C=S) groups is 1. The van der Waals surface area contributed by atoms with Crippen molar-refractivity contribution in [3.05, 3.63) is 51.3 Å². The molecule has 0 spiro atoms. The third-order valence-electron chi connectivity index (χ3n) is 2.91. The van der Waals surface area contributed by atoms with Crippen molar-refractivity contribution in [2.24, 2.45) is 5.73 Å². The number of pyridine rings is 1. The van der Waals surface area contributed by atoms with Crippen LogP contribution in [0.5, 0.6) is 11.5 Å². The number of hydrogen-bond donors (Lipinski definition) is 1. The fourth-order valence-corrected chi connectivity index (χ4v) is 2.56. The van der Waals surface area contributed by atoms with Crippen molar-refractivity contribution in [3.8, 4) is 11.5 Å². The molecular formula is C15H15BrN2OS. The fourth-order valence-electron chi connectivity index (χ4n) is 1.98. The van der Waals surface area contributed by atoms with E-state index in [1.165, 1.54) is 0 Å². The maximum Gasteiger partial charge on any atom is 0.141 e. The van der Waals surface area contributed by atoms with E-state index >= 15 is 0 Å². The first kappa shape index (κ1) is 14.9. The highest BCUT2D eigenvalue weighted by Crippen LogP contribution is 2.31. The Morgan fingerprint density at radius 1 is 1.20 bits per heavy atom. The molecule has 1 heterocycles. The average molecular weight is 351 g/mol. The van der Waals surface area contributed by atoms with Crippen LogP contribution in [0.2, 0.25) is 0 Å². The van der Waals surface area contributed by atoms with Gasteiger partial charge < -0.3 is 10.5 Å². The largest absolute Gasteiger partial charge is 0.456 e. The number of nitrogens with zero attached hydrogens (tertiary/aromatic N) is 1. The van der Waals surface area contributed by atoms with Gasteiger partial charge in [0.15, 0.2) is 0 Å². The molecule has 3 nitrogen and oxygen atoms in total. The zero-order chi connectivity index (χ0) is 14.9. The summed E-state index contributed by atoms with van der Waals surface area (Å²) in [5, 5.41) is 0. The predicted molar refractivity (Wildman–Crippen MR) is 88.6 cm³/mol. The number of halogens is 1. The van der Waals surface area contributed by atoms with Crippen molar-refractivity contribution in [2.45, 2.75) is 20.8 Å². The molecule has 0 bridgehead atoms. The Labute approximate surface area is 132 Å². The maximum absolute atomic E-state index is 6.01. The minimum Gasteiger partial charge on any atom is -0.456 e. The number of benzene rings is 1. The third-order valence-corrected chi connectivity index (χ3v) is 3.61. The summed E-state index contributed by atoms with van der Waals surface area (Å²) in [6.07, 6.45) is 0. The standard InChI is InChI=1S/C15H15BrN2OS/c1-8-4-5-11(16)7-12(8)19-13-6-9(2)18-10(3)14(13)15(17)20/h4-7H,1-3H3,(H2,17,20). The van der Waals surface area contributed by atoms with Gasteiger partial charge in [0.25, 0.3) is 0 Å². The second-order valence-corrected chi connectivity index (χ2v) is 5.95. The molecule has 0 saturated carbocycles. The van der Waals surface area contributed by atoms with Crippen LogP contribution in [0, 0.1) is 20.8 Å². The lowest BCUT2D eigenvalue weighted by Gasteiger charge is -2.15. The highest BCUT2D eigenvalue weighted by molar-refractivity contribution is 9.10. The molecular weight excluding hydrogens is 336 g/mol. The van der Waals surface area contributed by atoms with Crippen LogP contribution in [0.15, 0.2) is 28.7 Å². The molecule has 0 fully saturated rings. The Balaban J connectivity index is 2.53. The normalized spacial score (nSPS) is 10.4. The summed E-state index contributed by atoms with van der Waals surface area (Å²) >= 11 is 8.55. The lowest BCUT2D eigenvalue weighted by molar-refractivity contribution is 0.475. The first-order chi connectivity index (χ1) is 9.38. The van der Waals surface area contributed by atoms with Gasteiger partial charge in [-0.3, -0.25) is 4.98 Å². The summed E-state index contributed by atoms with van der Waals surface area (Å²) in [6, 6.07) is 7.73. The first-order valence-electron chi connectivity index (χ1n) is 6.10. The van der Waals surface area contributed by atoms with E-state index in [2.05, 4.69) is 20.9 Å². The molecule has 0 aliphatic rings. The molecule has 104 valence electrons. The van der Waals surface area contributed by atoms with Crippen LogP contribution in [-0.4, -0.2) is 9.97 Å². The summed E-state index contributed by atoms with van der Waals surface area (Å²) in [5.74, 6) is 1.41. The van der Waals surface area contributed by atoms with E-state index in [0.717, 1.165) is 27.2 Å². The summed E-state index contributed by atoms with van der Waals surface area (Å²) in [7, 11) is 0. The van der Waals surface area contributed by atoms with E-state index in [0.29, 0.717) is 11.3 Å². The molecule has 2 aromatic rings. The van der Waals surface area contributed by atoms with Gasteiger partial charge in [0, 0.05) is 16.2 Å². The van der Waals surface area contributed by atoms with Crippen LogP contribution in [0.1, 0.15) is 22.5 Å². The molecule has 1 aromatic carbocycles. The molecule has 0 aliphatic heterocycles. The number of rotatable bonds is 3. The minimum absolute atomic E-state index is 0.289. The summed E-state index contributed by atoms with van der Waals surface area (Å²) in [5.41, 5.74) is 9.15. The topological polar surface area (TPSA) is 48.1 Å². The Hall–Kier alpha value is -1.46. The zero-order valence-corrected chi connectivity index (χ0v) is 13.9. The van der Waals surface area contributed by atoms with Crippen molar-refractivity contribution in [1.29, 1.82) is 0 Å². The van der Waals surface area contributed by atoms with Gasteiger partial charge in [0.2, 0.25) is 0 Å². The molecule has 0 unspecified atom stereocenters. The highest BCUT2D eigenvalue weighted by Gasteiger charge is 2.14. The van der Waals surface area contributed by atoms with Gasteiger partial charge >= 0.3 is 0 Å². The number of nitrogens with two attached hydrogens (primary N) is 1. The van der Waals surface area contributed by atoms with E-state index in [1.54, 1.807) is 0 Å². The summed E-state index contributed by atoms with van der Waals surface area (Å²) in [6.45, 7) is 5.78. The monoisotopic (exact) mass is 350 g/mol. The third kappa shape index (κ3) is 3.16. The van der Waals surface area contributed by atoms with E-state index < -0.39 is 0 Å². The Kier molecular flexibility index (Phi) is 4.40. The maximum atomic E-state index is 6.01. The fraction of sp³-hybridized carbons (Fsp3) is 0.200. The average Bonchev–Trinajstić information content (AvgIpc) is 2.32. The second-order valence-electron chi connectivity index (χ2n) is 4.60. The Morgan fingerprint density at radius 2 is 1.90 bits per heavy atom. The lowest BCUT2D eigenvalue weighted by atomic mass is 10.1. The first-order valence-corrected chi connectivity index (χ1v) is 7.30. The van der Waals surface area contributed by atoms with Crippen LogP contribution in [-0.2, 0) is 0 Å². The molecule has 0 aliphatic carbocycles. The van der Waals surface area contributed by atoms with E-state index in [1.807, 2.05) is 45.0 Å². The minimum atomic E-state index is 0.289. The second kappa shape index (κ2) is 5.89. The SMILES string of the molecule is Cc1cc(Oc2cc(Br)ccc2C)c(C(N)=S)c(C)n1. The Bertz CT molecular complexity index is 686. The van der Waals surface area contributed by atoms with Crippen LogP contribution in [0.25, 0.3) is 0 Å². The van der Waals surface area contributed by atoms with Crippen molar-refractivity contribution >= 4 is 33.1 Å². The van der Waals surface area contributed by atoms with Gasteiger partial charge in [0.1, 0.15) is 16.5 Å². The quantitative estimate of drug-likeness (QED) is 0.842. The summed E-state index contributed by atoms with van der Waals surface area (Å²) in [4.78, 5) is 4.67. The molecule has 1 aromatic heterocycles. The van der Waals surface area contributed by atoms with Gasteiger partial charge in [-0.2, -0.15) is 0 Å². The van der Waals surface area contributed by atoms with Crippen LogP contribution < -0.4 is 10.5 Å². The molecule has 0 radical (unpaired) electrons. The van der Waals surface area contributed by atoms with Crippen LogP contribution in [0.3, 0.4) is 0 Å². The van der Waals surface area contributed by atoms with E-state index in [4.69, 9.17) is 22.7 Å². The molecule has 2 N–H and O–H groups in total. The van der Waals surface area contributed by atoms with Gasteiger partial charge in [-0.05, 0) is 38.5 Å². The number of aryl methyl sites for hydroxylation is 3. The molecule has 20 heavy (non-hydrogen) atoms. The number of aromatic nitrogens is 1. The zero-order valence-electron chi connectivity index (χ0n) is 11.5. The van der Waals surface area contributed by atoms with Crippen molar-refractivity contribution in [2.75, 3.05) is 0 Å². The van der Waals surface area contributed by atoms with E-state index in [-0.39, 0.29) is 4.99 Å². The summed E-state index contributed by atoms with van der Waals surface area (Å²) < 4.78 is 6.96. The molecule has 5 heteroatoms. The highest BCUT2D eigenvalue weighted by atomic mass is 79.9. The van der Waals surface area contributed by atoms with Crippen molar-refractivity contribution in [1.82, 2.24) is 4.98 Å². The number of hydrogen-bond acceptors (Lipinski definition) is 3. The van der Waals surface area contributed by atoms with Crippen LogP contribution in [0.4, 0.5) is 0 Å². The smallest absolute Gasteiger partial charge is 0.141 e. The van der Waals surface area contributed by atoms with Crippen LogP contribution >= 0.6 is 28.1 Å². The number of ether oxygens (including phenoxy) is 1. The Morgan fingerprint density at radius 3 is 2.55 bits per heavy atom. The molecule has 0 atom stereocenters. The molecule has 0 amide bonds. The molecule has 2 rings (SSSR count). The van der Waals surface area contributed by atoms with Gasteiger partial charge in [-0.15, -0.1) is 0 Å². The van der Waals surface area contributed by atoms with E-state index in [9.17, 15) is 0 Å². The van der Waals surface area contributed by atoms with Crippen molar-refractivity contribution in [3.63, 3.8) is 0 Å². The van der Waals surface area contributed by atoms with Gasteiger partial charge in [0.05, 0.1) is 11.3 Å². The predicted octanol–water partition coefficient (Wildman–Crippen LogP) is 4.20. The van der Waals surface area contributed by atoms with Gasteiger partial charge in [-0.1, -0.05) is 34.2 Å².